The Morgan fingerprint density at radius 2 is 1.53 bits per heavy atom. The third kappa shape index (κ3) is 3.10. The predicted molar refractivity (Wildman–Crippen MR) is 64.1 cm³/mol. The smallest absolute Gasteiger partial charge is 0.121 e. The van der Waals surface area contributed by atoms with Gasteiger partial charge in [-0.15, -0.1) is 0 Å². The lowest BCUT2D eigenvalue weighted by atomic mass is 9.72. The number of hydrogen-bond donors (Lipinski definition) is 0. The molecule has 2 rings (SSSR count). The van der Waals surface area contributed by atoms with Crippen LogP contribution in [0.3, 0.4) is 0 Å². The summed E-state index contributed by atoms with van der Waals surface area (Å²) in [6.07, 6.45) is 13.0. The molecule has 15 heavy (non-hydrogen) atoms. The van der Waals surface area contributed by atoms with E-state index in [1.165, 1.54) is 57.8 Å². The van der Waals surface area contributed by atoms with E-state index in [9.17, 15) is 0 Å². The number of hydrogen-bond acceptors (Lipinski definition) is 1. The molecule has 0 radical (unpaired) electrons. The van der Waals surface area contributed by atoms with Crippen LogP contribution in [-0.2, 0) is 4.74 Å². The van der Waals surface area contributed by atoms with Crippen molar-refractivity contribution in [3.63, 3.8) is 0 Å². The van der Waals surface area contributed by atoms with Gasteiger partial charge < -0.3 is 4.74 Å². The third-order valence-electron chi connectivity index (χ3n) is 4.29. The summed E-state index contributed by atoms with van der Waals surface area (Å²) < 4.78 is 5.71. The molecule has 0 aromatic rings. The second kappa shape index (κ2) is 6.10. The van der Waals surface area contributed by atoms with Crippen LogP contribution in [0.1, 0.15) is 57.8 Å². The summed E-state index contributed by atoms with van der Waals surface area (Å²) in [6, 6.07) is 0.383. The van der Waals surface area contributed by atoms with Crippen LogP contribution >= 0.6 is 11.6 Å². The zero-order chi connectivity index (χ0) is 10.5. The lowest BCUT2D eigenvalue weighted by Gasteiger charge is -2.38. The van der Waals surface area contributed by atoms with E-state index in [0.717, 1.165) is 11.8 Å². The third-order valence-corrected chi connectivity index (χ3v) is 4.41. The lowest BCUT2D eigenvalue weighted by Crippen LogP contribution is -2.34. The van der Waals surface area contributed by atoms with Crippen molar-refractivity contribution >= 4 is 11.6 Å². The molecule has 88 valence electrons. The van der Waals surface area contributed by atoms with Gasteiger partial charge in [0.2, 0.25) is 0 Å². The van der Waals surface area contributed by atoms with Crippen molar-refractivity contribution in [1.29, 1.82) is 0 Å². The van der Waals surface area contributed by atoms with Gasteiger partial charge in [0.05, 0.1) is 6.10 Å². The average molecular weight is 231 g/mol. The van der Waals surface area contributed by atoms with Crippen LogP contribution in [0.4, 0.5) is 0 Å². The SMILES string of the molecule is ClCOC1CCCCC1C1CCCCC1. The summed E-state index contributed by atoms with van der Waals surface area (Å²) in [6.45, 7) is 0. The van der Waals surface area contributed by atoms with Gasteiger partial charge in [0, 0.05) is 0 Å². The highest BCUT2D eigenvalue weighted by Gasteiger charge is 2.32. The number of rotatable bonds is 3. The molecule has 2 aliphatic carbocycles. The molecule has 2 aliphatic rings. The Bertz CT molecular complexity index is 165. The molecule has 2 unspecified atom stereocenters. The van der Waals surface area contributed by atoms with Crippen LogP contribution in [0, 0.1) is 11.8 Å². The van der Waals surface area contributed by atoms with Crippen LogP contribution in [0.25, 0.3) is 0 Å². The molecule has 0 saturated heterocycles. The molecule has 0 N–H and O–H groups in total. The Kier molecular flexibility index (Phi) is 4.77. The molecule has 0 aromatic carbocycles. The molecule has 0 spiro atoms. The van der Waals surface area contributed by atoms with E-state index in [1.807, 2.05) is 0 Å². The van der Waals surface area contributed by atoms with Crippen molar-refractivity contribution in [2.75, 3.05) is 6.07 Å². The normalized spacial score (nSPS) is 34.2. The molecular weight excluding hydrogens is 208 g/mol. The van der Waals surface area contributed by atoms with E-state index in [2.05, 4.69) is 0 Å². The van der Waals surface area contributed by atoms with E-state index in [1.54, 1.807) is 0 Å². The summed E-state index contributed by atoms with van der Waals surface area (Å²) in [5.74, 6) is 1.75. The maximum Gasteiger partial charge on any atom is 0.121 e. The summed E-state index contributed by atoms with van der Waals surface area (Å²) in [4.78, 5) is 0. The highest BCUT2D eigenvalue weighted by molar-refractivity contribution is 6.17. The second-order valence-corrected chi connectivity index (χ2v) is 5.38. The number of alkyl halides is 1. The first-order valence-electron chi connectivity index (χ1n) is 6.59. The maximum absolute atomic E-state index is 5.72. The quantitative estimate of drug-likeness (QED) is 0.656. The van der Waals surface area contributed by atoms with Crippen molar-refractivity contribution in [2.24, 2.45) is 11.8 Å². The Morgan fingerprint density at radius 3 is 2.27 bits per heavy atom. The Labute approximate surface area is 98.5 Å². The van der Waals surface area contributed by atoms with Crippen LogP contribution < -0.4 is 0 Å². The summed E-state index contributed by atoms with van der Waals surface area (Å²) in [7, 11) is 0. The first-order valence-corrected chi connectivity index (χ1v) is 7.13. The minimum absolute atomic E-state index is 0.383. The van der Waals surface area contributed by atoms with Gasteiger partial charge in [-0.1, -0.05) is 56.5 Å². The molecule has 0 amide bonds. The maximum atomic E-state index is 5.72. The van der Waals surface area contributed by atoms with E-state index in [-0.39, 0.29) is 0 Å². The molecule has 1 nitrogen and oxygen atoms in total. The van der Waals surface area contributed by atoms with Crippen molar-refractivity contribution in [2.45, 2.75) is 63.9 Å². The van der Waals surface area contributed by atoms with Crippen molar-refractivity contribution in [3.8, 4) is 0 Å². The van der Waals surface area contributed by atoms with Crippen LogP contribution in [0.2, 0.25) is 0 Å². The Hall–Kier alpha value is 0.250. The van der Waals surface area contributed by atoms with Gasteiger partial charge in [-0.05, 0) is 24.7 Å². The first-order chi connectivity index (χ1) is 7.42. The van der Waals surface area contributed by atoms with Gasteiger partial charge in [-0.25, -0.2) is 0 Å². The van der Waals surface area contributed by atoms with Crippen molar-refractivity contribution in [3.05, 3.63) is 0 Å². The second-order valence-electron chi connectivity index (χ2n) is 5.16. The highest BCUT2D eigenvalue weighted by atomic mass is 35.5. The Balaban J connectivity index is 1.90. The van der Waals surface area contributed by atoms with Crippen LogP contribution in [0.15, 0.2) is 0 Å². The molecule has 0 aliphatic heterocycles. The van der Waals surface area contributed by atoms with E-state index in [0.29, 0.717) is 12.2 Å². The zero-order valence-corrected chi connectivity index (χ0v) is 10.3. The van der Waals surface area contributed by atoms with Gasteiger partial charge in [0.1, 0.15) is 6.07 Å². The minimum atomic E-state index is 0.383. The number of ether oxygens (including phenoxy) is 1. The van der Waals surface area contributed by atoms with Crippen LogP contribution in [0.5, 0.6) is 0 Å². The topological polar surface area (TPSA) is 9.23 Å². The number of halogens is 1. The highest BCUT2D eigenvalue weighted by Crippen LogP contribution is 2.39. The molecule has 0 bridgehead atoms. The minimum Gasteiger partial charge on any atom is -0.362 e. The van der Waals surface area contributed by atoms with Crippen LogP contribution in [-0.4, -0.2) is 12.2 Å². The largest absolute Gasteiger partial charge is 0.362 e. The van der Waals surface area contributed by atoms with Gasteiger partial charge >= 0.3 is 0 Å². The summed E-state index contributed by atoms with van der Waals surface area (Å²) in [5.41, 5.74) is 0. The molecule has 2 fully saturated rings. The standard InChI is InChI=1S/C13H23ClO/c14-10-15-13-9-5-4-8-12(13)11-6-2-1-3-7-11/h11-13H,1-10H2. The van der Waals surface area contributed by atoms with Crippen molar-refractivity contribution in [1.82, 2.24) is 0 Å². The first kappa shape index (κ1) is 11.7. The Morgan fingerprint density at radius 1 is 0.867 bits per heavy atom. The lowest BCUT2D eigenvalue weighted by molar-refractivity contribution is -0.0177. The molecule has 0 heterocycles. The van der Waals surface area contributed by atoms with Gasteiger partial charge in [-0.2, -0.15) is 0 Å². The monoisotopic (exact) mass is 230 g/mol. The summed E-state index contributed by atoms with van der Waals surface area (Å²) >= 11 is 5.72. The van der Waals surface area contributed by atoms with E-state index < -0.39 is 0 Å². The zero-order valence-electron chi connectivity index (χ0n) is 9.59. The molecular formula is C13H23ClO. The fraction of sp³-hybridized carbons (Fsp3) is 1.00. The van der Waals surface area contributed by atoms with Gasteiger partial charge in [-0.3, -0.25) is 0 Å². The van der Waals surface area contributed by atoms with Crippen molar-refractivity contribution < 1.29 is 4.74 Å². The molecule has 2 atom stereocenters. The van der Waals surface area contributed by atoms with E-state index >= 15 is 0 Å². The van der Waals surface area contributed by atoms with Gasteiger partial charge in [0.25, 0.3) is 0 Å². The fourth-order valence-electron chi connectivity index (χ4n) is 3.51. The molecule has 2 heteroatoms. The summed E-state index contributed by atoms with van der Waals surface area (Å²) in [5, 5.41) is 0. The average Bonchev–Trinajstić information content (AvgIpc) is 2.31. The fourth-order valence-corrected chi connectivity index (χ4v) is 3.68. The predicted octanol–water partition coefficient (Wildman–Crippen LogP) is 4.34. The molecule has 2 saturated carbocycles. The van der Waals surface area contributed by atoms with Gasteiger partial charge in [0.15, 0.2) is 0 Å². The molecule has 0 aromatic heterocycles. The van der Waals surface area contributed by atoms with E-state index in [4.69, 9.17) is 16.3 Å².